The number of hydrogen-bond donors (Lipinski definition) is 3. The number of hydrogen-bond acceptors (Lipinski definition) is 7. The molecule has 1 aromatic rings. The lowest BCUT2D eigenvalue weighted by atomic mass is 9.83. The van der Waals surface area contributed by atoms with E-state index in [0.717, 1.165) is 63.5 Å². The monoisotopic (exact) mass is 548 g/mol. The molecule has 0 aromatic heterocycles. The number of carbonyl (C=O) groups is 2. The number of nitrogens with zero attached hydrogens (tertiary/aromatic N) is 3. The number of nitriles is 1. The van der Waals surface area contributed by atoms with E-state index >= 15 is 0 Å². The lowest BCUT2D eigenvalue weighted by Crippen LogP contribution is -2.54. The smallest absolute Gasteiger partial charge is 0.410 e. The van der Waals surface area contributed by atoms with Gasteiger partial charge in [-0.05, 0) is 89.3 Å². The van der Waals surface area contributed by atoms with Crippen molar-refractivity contribution in [1.29, 1.82) is 5.26 Å². The summed E-state index contributed by atoms with van der Waals surface area (Å²) < 4.78 is 5.71. The van der Waals surface area contributed by atoms with E-state index in [-0.39, 0.29) is 54.2 Å². The Morgan fingerprint density at radius 1 is 1.02 bits per heavy atom. The van der Waals surface area contributed by atoms with E-state index in [4.69, 9.17) is 4.74 Å². The molecule has 6 rings (SSSR count). The minimum absolute atomic E-state index is 0.00181. The van der Waals surface area contributed by atoms with Gasteiger partial charge in [-0.2, -0.15) is 5.26 Å². The summed E-state index contributed by atoms with van der Waals surface area (Å²) in [4.78, 5) is 27.9. The zero-order chi connectivity index (χ0) is 28.0. The van der Waals surface area contributed by atoms with Crippen LogP contribution in [0.2, 0.25) is 0 Å². The van der Waals surface area contributed by atoms with Gasteiger partial charge in [-0.1, -0.05) is 25.0 Å². The Morgan fingerprint density at radius 2 is 1.73 bits per heavy atom. The van der Waals surface area contributed by atoms with Crippen LogP contribution in [0.25, 0.3) is 0 Å². The van der Waals surface area contributed by atoms with Crippen molar-refractivity contribution in [2.75, 3.05) is 11.9 Å². The number of fused-ring (bicyclic) bond motifs is 3. The average Bonchev–Trinajstić information content (AvgIpc) is 3.42. The van der Waals surface area contributed by atoms with Crippen molar-refractivity contribution in [2.45, 2.75) is 120 Å². The van der Waals surface area contributed by atoms with Crippen LogP contribution in [0.15, 0.2) is 24.3 Å². The Kier molecular flexibility index (Phi) is 7.43. The van der Waals surface area contributed by atoms with Crippen LogP contribution in [0.5, 0.6) is 0 Å². The van der Waals surface area contributed by atoms with Gasteiger partial charge < -0.3 is 20.3 Å². The zero-order valence-electron chi connectivity index (χ0n) is 24.1. The standard InChI is InChI=1S/C31H44N6O3/c1-31(2,3)40-30(39)36-23-12-13-24(36)17-21(16-23)19-8-10-22(11-9-19)34-28-27-26(14-15-33-29(27)38)37(35-28)25-7-5-4-6-20(25)18-32/h8-11,20-21,23-28,34-35H,4-7,12-17H2,1-3H3,(H,33,38)/t20-,21?,23-,24+,25+,26?,27?,28?/m1/s1. The molecule has 9 heteroatoms. The van der Waals surface area contributed by atoms with Gasteiger partial charge in [-0.15, -0.1) is 0 Å². The number of ether oxygens (including phenoxy) is 1. The number of nitrogens with one attached hydrogen (secondary N) is 3. The maximum absolute atomic E-state index is 13.0. The number of amides is 2. The van der Waals surface area contributed by atoms with Crippen molar-refractivity contribution in [3.05, 3.63) is 29.8 Å². The summed E-state index contributed by atoms with van der Waals surface area (Å²) in [5, 5.41) is 18.7. The van der Waals surface area contributed by atoms with Gasteiger partial charge in [-0.25, -0.2) is 15.2 Å². The molecule has 1 aliphatic carbocycles. The minimum Gasteiger partial charge on any atom is -0.444 e. The molecule has 8 atom stereocenters. The zero-order valence-corrected chi connectivity index (χ0v) is 24.1. The number of anilines is 1. The molecule has 4 unspecified atom stereocenters. The van der Waals surface area contributed by atoms with E-state index < -0.39 is 5.60 Å². The Balaban J connectivity index is 1.12. The Morgan fingerprint density at radius 3 is 2.40 bits per heavy atom. The molecule has 3 N–H and O–H groups in total. The van der Waals surface area contributed by atoms with Crippen LogP contribution in [0.4, 0.5) is 10.5 Å². The fourth-order valence-corrected chi connectivity index (χ4v) is 7.99. The van der Waals surface area contributed by atoms with Crippen LogP contribution in [-0.2, 0) is 9.53 Å². The second-order valence-corrected chi connectivity index (χ2v) is 13.5. The van der Waals surface area contributed by atoms with Crippen molar-refractivity contribution in [1.82, 2.24) is 20.7 Å². The highest BCUT2D eigenvalue weighted by Crippen LogP contribution is 2.44. The van der Waals surface area contributed by atoms with Gasteiger partial charge in [0.2, 0.25) is 5.91 Å². The summed E-state index contributed by atoms with van der Waals surface area (Å²) in [7, 11) is 0. The maximum Gasteiger partial charge on any atom is 0.410 e. The first-order valence-corrected chi connectivity index (χ1v) is 15.3. The van der Waals surface area contributed by atoms with Crippen molar-refractivity contribution in [3.63, 3.8) is 0 Å². The molecule has 9 nitrogen and oxygen atoms in total. The summed E-state index contributed by atoms with van der Waals surface area (Å²) in [5.41, 5.74) is 5.44. The lowest BCUT2D eigenvalue weighted by molar-refractivity contribution is -0.128. The number of piperidine rings is 2. The first kappa shape index (κ1) is 27.3. The highest BCUT2D eigenvalue weighted by atomic mass is 16.6. The van der Waals surface area contributed by atoms with E-state index in [1.165, 1.54) is 5.56 Å². The van der Waals surface area contributed by atoms with Crippen LogP contribution in [0.3, 0.4) is 0 Å². The van der Waals surface area contributed by atoms with Crippen molar-refractivity contribution < 1.29 is 14.3 Å². The van der Waals surface area contributed by atoms with Crippen LogP contribution in [-0.4, -0.2) is 64.4 Å². The van der Waals surface area contributed by atoms with Crippen LogP contribution >= 0.6 is 0 Å². The molecule has 4 heterocycles. The number of carbonyl (C=O) groups excluding carboxylic acids is 2. The molecular weight excluding hydrogens is 504 g/mol. The Labute approximate surface area is 237 Å². The van der Waals surface area contributed by atoms with E-state index in [1.54, 1.807) is 0 Å². The minimum atomic E-state index is -0.479. The van der Waals surface area contributed by atoms with Crippen LogP contribution in [0, 0.1) is 23.2 Å². The molecule has 2 bridgehead atoms. The molecule has 216 valence electrons. The van der Waals surface area contributed by atoms with Gasteiger partial charge in [0.1, 0.15) is 11.8 Å². The SMILES string of the molecule is CC(C)(C)OC(=O)N1[C@@H]2CC[C@H]1CC(c1ccc(NC3NN([C@H]4CCCC[C@@H]4C#N)C4CCNC(=O)C34)cc1)C2. The van der Waals surface area contributed by atoms with E-state index in [2.05, 4.69) is 51.4 Å². The fourth-order valence-electron chi connectivity index (χ4n) is 7.99. The van der Waals surface area contributed by atoms with E-state index in [9.17, 15) is 14.9 Å². The van der Waals surface area contributed by atoms with E-state index in [1.807, 2.05) is 25.7 Å². The van der Waals surface area contributed by atoms with Gasteiger partial charge >= 0.3 is 6.09 Å². The first-order chi connectivity index (χ1) is 19.2. The van der Waals surface area contributed by atoms with Gasteiger partial charge in [0, 0.05) is 36.4 Å². The summed E-state index contributed by atoms with van der Waals surface area (Å²) in [6, 6.07) is 11.9. The molecule has 5 fully saturated rings. The molecule has 0 spiro atoms. The number of benzene rings is 1. The normalized spacial score (nSPS) is 36.0. The summed E-state index contributed by atoms with van der Waals surface area (Å²) >= 11 is 0. The molecule has 0 radical (unpaired) electrons. The quantitative estimate of drug-likeness (QED) is 0.509. The highest BCUT2D eigenvalue weighted by molar-refractivity contribution is 5.82. The summed E-state index contributed by atoms with van der Waals surface area (Å²) in [5.74, 6) is 0.300. The average molecular weight is 549 g/mol. The maximum atomic E-state index is 13.0. The predicted octanol–water partition coefficient (Wildman–Crippen LogP) is 4.48. The van der Waals surface area contributed by atoms with Gasteiger partial charge in [0.05, 0.1) is 17.9 Å². The third kappa shape index (κ3) is 5.28. The second kappa shape index (κ2) is 10.9. The number of hydrazine groups is 1. The second-order valence-electron chi connectivity index (χ2n) is 13.5. The van der Waals surface area contributed by atoms with Gasteiger partial charge in [0.15, 0.2) is 0 Å². The fraction of sp³-hybridized carbons (Fsp3) is 0.710. The summed E-state index contributed by atoms with van der Waals surface area (Å²) in [6.45, 7) is 6.45. The highest BCUT2D eigenvalue weighted by Gasteiger charge is 2.51. The van der Waals surface area contributed by atoms with Crippen LogP contribution < -0.4 is 16.1 Å². The topological polar surface area (TPSA) is 110 Å². The molecule has 5 aliphatic rings. The summed E-state index contributed by atoms with van der Waals surface area (Å²) in [6.07, 6.45) is 8.67. The molecule has 4 saturated heterocycles. The van der Waals surface area contributed by atoms with Crippen molar-refractivity contribution in [2.24, 2.45) is 11.8 Å². The molecule has 2 amide bonds. The molecule has 1 saturated carbocycles. The predicted molar refractivity (Wildman–Crippen MR) is 152 cm³/mol. The molecule has 1 aromatic carbocycles. The largest absolute Gasteiger partial charge is 0.444 e. The Bertz CT molecular complexity index is 1130. The van der Waals surface area contributed by atoms with Crippen molar-refractivity contribution >= 4 is 17.7 Å². The Hall–Kier alpha value is -2.83. The third-order valence-corrected chi connectivity index (χ3v) is 9.76. The number of rotatable bonds is 4. The van der Waals surface area contributed by atoms with Gasteiger partial charge in [-0.3, -0.25) is 4.79 Å². The molecule has 40 heavy (non-hydrogen) atoms. The van der Waals surface area contributed by atoms with E-state index in [0.29, 0.717) is 12.5 Å². The van der Waals surface area contributed by atoms with Crippen molar-refractivity contribution in [3.8, 4) is 6.07 Å². The first-order valence-electron chi connectivity index (χ1n) is 15.3. The lowest BCUT2D eigenvalue weighted by Gasteiger charge is -2.39. The molecule has 4 aliphatic heterocycles. The molecular formula is C31H44N6O3. The van der Waals surface area contributed by atoms with Gasteiger partial charge in [0.25, 0.3) is 0 Å². The van der Waals surface area contributed by atoms with Crippen LogP contribution in [0.1, 0.15) is 90.0 Å². The third-order valence-electron chi connectivity index (χ3n) is 9.76.